The highest BCUT2D eigenvalue weighted by Gasteiger charge is 2.03. The van der Waals surface area contributed by atoms with Crippen LogP contribution in [-0.2, 0) is 13.6 Å². The summed E-state index contributed by atoms with van der Waals surface area (Å²) in [5.74, 6) is 0.808. The third-order valence-electron chi connectivity index (χ3n) is 3.83. The highest BCUT2D eigenvalue weighted by molar-refractivity contribution is 9.10. The van der Waals surface area contributed by atoms with Crippen molar-refractivity contribution in [2.45, 2.75) is 13.0 Å². The molecule has 0 saturated carbocycles. The Bertz CT molecular complexity index is 888. The Morgan fingerprint density at radius 3 is 2.73 bits per heavy atom. The summed E-state index contributed by atoms with van der Waals surface area (Å²) in [5.41, 5.74) is 1.48. The molecule has 0 fully saturated rings. The van der Waals surface area contributed by atoms with E-state index >= 15 is 0 Å². The molecule has 3 aromatic rings. The maximum atomic E-state index is 10.2. The summed E-state index contributed by atoms with van der Waals surface area (Å²) in [6.45, 7) is 1.48. The van der Waals surface area contributed by atoms with Gasteiger partial charge in [-0.15, -0.1) is 0 Å². The molecule has 0 aliphatic carbocycles. The van der Waals surface area contributed by atoms with Gasteiger partial charge in [-0.25, -0.2) is 9.13 Å². The quantitative estimate of drug-likeness (QED) is 0.360. The molecule has 0 bridgehead atoms. The van der Waals surface area contributed by atoms with Gasteiger partial charge >= 0.3 is 0 Å². The first-order chi connectivity index (χ1) is 12.6. The Morgan fingerprint density at radius 2 is 2.04 bits per heavy atom. The van der Waals surface area contributed by atoms with Crippen LogP contribution >= 0.6 is 15.9 Å². The average Bonchev–Trinajstić information content (AvgIpc) is 3.05. The molecule has 0 aliphatic heterocycles. The zero-order valence-corrected chi connectivity index (χ0v) is 16.1. The number of hydrogen-bond donors (Lipinski definition) is 1. The second kappa shape index (κ2) is 8.67. The molecule has 0 atom stereocenters. The summed E-state index contributed by atoms with van der Waals surface area (Å²) < 4.78 is 10.8. The molecular formula is C20H21BrN3O2+. The number of aromatic hydroxyl groups is 1. The molecule has 1 aromatic heterocycles. The van der Waals surface area contributed by atoms with E-state index in [1.54, 1.807) is 18.3 Å². The number of aliphatic imine (C=N–C) groups is 1. The number of rotatable bonds is 7. The van der Waals surface area contributed by atoms with Crippen molar-refractivity contribution in [3.63, 3.8) is 0 Å². The number of nitrogens with zero attached hydrogens (tertiary/aromatic N) is 3. The summed E-state index contributed by atoms with van der Waals surface area (Å²) in [6, 6.07) is 12.9. The number of aromatic nitrogens is 2. The topological polar surface area (TPSA) is 50.6 Å². The Morgan fingerprint density at radius 1 is 1.23 bits per heavy atom. The van der Waals surface area contributed by atoms with Crippen molar-refractivity contribution in [2.75, 3.05) is 6.61 Å². The highest BCUT2D eigenvalue weighted by atomic mass is 79.9. The van der Waals surface area contributed by atoms with Crippen LogP contribution in [0.15, 0.2) is 70.7 Å². The smallest absolute Gasteiger partial charge is 0.243 e. The predicted octanol–water partition coefficient (Wildman–Crippen LogP) is 4.00. The zero-order valence-electron chi connectivity index (χ0n) is 14.5. The number of aryl methyl sites for hydroxylation is 2. The van der Waals surface area contributed by atoms with E-state index in [0.29, 0.717) is 17.9 Å². The fraction of sp³-hybridized carbons (Fsp3) is 0.200. The van der Waals surface area contributed by atoms with Crippen LogP contribution in [0.4, 0.5) is 5.69 Å². The number of halogens is 1. The Labute approximate surface area is 161 Å². The first-order valence-electron chi connectivity index (χ1n) is 8.36. The lowest BCUT2D eigenvalue weighted by molar-refractivity contribution is -0.671. The molecule has 6 heteroatoms. The number of hydrogen-bond acceptors (Lipinski definition) is 3. The lowest BCUT2D eigenvalue weighted by Crippen LogP contribution is -2.23. The van der Waals surface area contributed by atoms with Gasteiger partial charge in [0.15, 0.2) is 0 Å². The average molecular weight is 415 g/mol. The highest BCUT2D eigenvalue weighted by Crippen LogP contribution is 2.23. The van der Waals surface area contributed by atoms with Crippen molar-refractivity contribution < 1.29 is 14.4 Å². The van der Waals surface area contributed by atoms with Crippen molar-refractivity contribution in [1.82, 2.24) is 4.57 Å². The maximum Gasteiger partial charge on any atom is 0.243 e. The standard InChI is InChI=1S/C20H20BrN3O2/c1-23-10-11-24(15-23)9-2-12-26-19-8-3-16(20(25)13-19)14-22-18-6-4-17(21)5-7-18/h3-8,10-11,13-15H,2,9,12H2,1H3/p+1. The minimum Gasteiger partial charge on any atom is -0.507 e. The molecule has 0 saturated heterocycles. The molecule has 0 unspecified atom stereocenters. The second-order valence-electron chi connectivity index (χ2n) is 5.97. The van der Waals surface area contributed by atoms with Crippen LogP contribution in [0.3, 0.4) is 0 Å². The number of ether oxygens (including phenoxy) is 1. The van der Waals surface area contributed by atoms with E-state index in [-0.39, 0.29) is 5.75 Å². The minimum atomic E-state index is 0.154. The molecule has 3 rings (SSSR count). The van der Waals surface area contributed by atoms with Crippen molar-refractivity contribution in [3.8, 4) is 11.5 Å². The molecule has 0 aliphatic rings. The molecule has 0 amide bonds. The lowest BCUT2D eigenvalue weighted by atomic mass is 10.2. The van der Waals surface area contributed by atoms with Crippen LogP contribution in [0.25, 0.3) is 0 Å². The van der Waals surface area contributed by atoms with E-state index in [0.717, 1.165) is 23.1 Å². The van der Waals surface area contributed by atoms with Crippen molar-refractivity contribution in [3.05, 3.63) is 71.2 Å². The Balaban J connectivity index is 1.52. The third kappa shape index (κ3) is 5.20. The predicted molar refractivity (Wildman–Crippen MR) is 105 cm³/mol. The van der Waals surface area contributed by atoms with E-state index in [1.807, 2.05) is 60.7 Å². The van der Waals surface area contributed by atoms with E-state index in [1.165, 1.54) is 0 Å². The monoisotopic (exact) mass is 414 g/mol. The molecule has 26 heavy (non-hydrogen) atoms. The fourth-order valence-electron chi connectivity index (χ4n) is 2.46. The number of benzene rings is 2. The molecule has 1 heterocycles. The van der Waals surface area contributed by atoms with Crippen LogP contribution in [0.1, 0.15) is 12.0 Å². The minimum absolute atomic E-state index is 0.154. The second-order valence-corrected chi connectivity index (χ2v) is 6.89. The summed E-state index contributed by atoms with van der Waals surface area (Å²) in [5, 5.41) is 10.2. The number of phenolic OH excluding ortho intramolecular Hbond substituents is 1. The van der Waals surface area contributed by atoms with Gasteiger partial charge in [-0.2, -0.15) is 0 Å². The molecule has 134 valence electrons. The Kier molecular flexibility index (Phi) is 6.07. The van der Waals surface area contributed by atoms with Gasteiger partial charge in [0.05, 0.1) is 25.9 Å². The van der Waals surface area contributed by atoms with Gasteiger partial charge < -0.3 is 9.84 Å². The van der Waals surface area contributed by atoms with Gasteiger partial charge in [0.25, 0.3) is 0 Å². The van der Waals surface area contributed by atoms with Crippen LogP contribution in [0.5, 0.6) is 11.5 Å². The number of imidazole rings is 1. The van der Waals surface area contributed by atoms with Gasteiger partial charge in [0.1, 0.15) is 23.9 Å². The van der Waals surface area contributed by atoms with E-state index in [2.05, 4.69) is 25.5 Å². The largest absolute Gasteiger partial charge is 0.507 e. The summed E-state index contributed by atoms with van der Waals surface area (Å²) in [4.78, 5) is 4.37. The normalized spacial score (nSPS) is 11.2. The van der Waals surface area contributed by atoms with Crippen molar-refractivity contribution in [1.29, 1.82) is 0 Å². The fourth-order valence-corrected chi connectivity index (χ4v) is 2.73. The van der Waals surface area contributed by atoms with Crippen LogP contribution < -0.4 is 9.30 Å². The van der Waals surface area contributed by atoms with E-state index < -0.39 is 0 Å². The maximum absolute atomic E-state index is 10.2. The molecule has 0 spiro atoms. The first-order valence-corrected chi connectivity index (χ1v) is 9.16. The van der Waals surface area contributed by atoms with Crippen molar-refractivity contribution >= 4 is 27.8 Å². The zero-order chi connectivity index (χ0) is 18.4. The van der Waals surface area contributed by atoms with Crippen LogP contribution in [-0.4, -0.2) is 22.5 Å². The molecule has 5 nitrogen and oxygen atoms in total. The van der Waals surface area contributed by atoms with Gasteiger partial charge in [0, 0.05) is 28.7 Å². The Hall–Kier alpha value is -2.60. The van der Waals surface area contributed by atoms with Crippen LogP contribution in [0, 0.1) is 0 Å². The SMILES string of the molecule is C[n+]1ccn(CCCOc2ccc(C=Nc3ccc(Br)cc3)c(O)c2)c1. The third-order valence-corrected chi connectivity index (χ3v) is 4.36. The molecular weight excluding hydrogens is 394 g/mol. The van der Waals surface area contributed by atoms with E-state index in [9.17, 15) is 5.11 Å². The van der Waals surface area contributed by atoms with Gasteiger partial charge in [-0.05, 0) is 36.4 Å². The van der Waals surface area contributed by atoms with Crippen molar-refractivity contribution in [2.24, 2.45) is 12.0 Å². The van der Waals surface area contributed by atoms with Gasteiger partial charge in [0.2, 0.25) is 6.33 Å². The summed E-state index contributed by atoms with van der Waals surface area (Å²) >= 11 is 3.39. The molecule has 1 N–H and O–H groups in total. The summed E-state index contributed by atoms with van der Waals surface area (Å²) in [6.07, 6.45) is 8.61. The molecule has 0 radical (unpaired) electrons. The van der Waals surface area contributed by atoms with E-state index in [4.69, 9.17) is 4.74 Å². The van der Waals surface area contributed by atoms with Gasteiger partial charge in [-0.3, -0.25) is 4.99 Å². The summed E-state index contributed by atoms with van der Waals surface area (Å²) in [7, 11) is 2.00. The van der Waals surface area contributed by atoms with Crippen LogP contribution in [0.2, 0.25) is 0 Å². The first kappa shape index (κ1) is 18.2. The van der Waals surface area contributed by atoms with Gasteiger partial charge in [-0.1, -0.05) is 15.9 Å². The number of phenols is 1. The molecule has 2 aromatic carbocycles. The lowest BCUT2D eigenvalue weighted by Gasteiger charge is -2.07.